The molecule has 0 N–H and O–H groups in total. The summed E-state index contributed by atoms with van der Waals surface area (Å²) in [5.74, 6) is 0. The molecule has 26 heavy (non-hydrogen) atoms. The van der Waals surface area contributed by atoms with Gasteiger partial charge in [0.15, 0.2) is 0 Å². The van der Waals surface area contributed by atoms with E-state index in [2.05, 4.69) is 10.1 Å². The second kappa shape index (κ2) is 6.62. The van der Waals surface area contributed by atoms with E-state index in [0.717, 1.165) is 27.1 Å². The van der Waals surface area contributed by atoms with Gasteiger partial charge >= 0.3 is 5.00 Å². The summed E-state index contributed by atoms with van der Waals surface area (Å²) in [5, 5.41) is 17.3. The minimum absolute atomic E-state index is 0.0246. The molecule has 0 atom stereocenters. The fourth-order valence-corrected chi connectivity index (χ4v) is 4.06. The van der Waals surface area contributed by atoms with Gasteiger partial charge in [-0.2, -0.15) is 9.78 Å². The number of nitro groups is 1. The predicted molar refractivity (Wildman–Crippen MR) is 103 cm³/mol. The Kier molecular flexibility index (Phi) is 4.15. The Balaban J connectivity index is 1.77. The second-order valence-electron chi connectivity index (χ2n) is 5.27. The maximum atomic E-state index is 12.8. The molecule has 4 aromatic rings. The van der Waals surface area contributed by atoms with Gasteiger partial charge in [-0.05, 0) is 11.6 Å². The normalized spacial score (nSPS) is 11.4. The molecule has 9 heteroatoms. The molecule has 128 valence electrons. The SMILES string of the molecule is O=c1c2c(-c3ccccc3)csc2ncn1N=Cc1ccc([N+](=O)[O-])s1. The molecule has 0 aliphatic carbocycles. The summed E-state index contributed by atoms with van der Waals surface area (Å²) >= 11 is 2.39. The number of rotatable bonds is 4. The van der Waals surface area contributed by atoms with E-state index in [9.17, 15) is 14.9 Å². The molecule has 0 radical (unpaired) electrons. The highest BCUT2D eigenvalue weighted by Crippen LogP contribution is 2.30. The summed E-state index contributed by atoms with van der Waals surface area (Å²) in [6, 6.07) is 12.6. The van der Waals surface area contributed by atoms with Crippen LogP contribution in [0.15, 0.2) is 64.1 Å². The summed E-state index contributed by atoms with van der Waals surface area (Å²) in [7, 11) is 0. The van der Waals surface area contributed by atoms with Crippen molar-refractivity contribution in [3.8, 4) is 11.1 Å². The summed E-state index contributed by atoms with van der Waals surface area (Å²) in [4.78, 5) is 28.6. The molecule has 0 saturated carbocycles. The minimum atomic E-state index is -0.459. The number of thiophene rings is 2. The van der Waals surface area contributed by atoms with Gasteiger partial charge in [0.1, 0.15) is 11.2 Å². The zero-order valence-corrected chi connectivity index (χ0v) is 14.7. The third-order valence-corrected chi connectivity index (χ3v) is 5.52. The third kappa shape index (κ3) is 2.93. The Hall–Kier alpha value is -3.17. The number of hydrogen-bond donors (Lipinski definition) is 0. The molecule has 0 fully saturated rings. The van der Waals surface area contributed by atoms with Crippen molar-refractivity contribution in [3.05, 3.63) is 79.5 Å². The highest BCUT2D eigenvalue weighted by atomic mass is 32.1. The molecule has 0 spiro atoms. The highest BCUT2D eigenvalue weighted by Gasteiger charge is 2.13. The first-order valence-corrected chi connectivity index (χ1v) is 9.16. The Bertz CT molecular complexity index is 1190. The van der Waals surface area contributed by atoms with Gasteiger partial charge in [0, 0.05) is 17.0 Å². The average Bonchev–Trinajstić information content (AvgIpc) is 3.29. The molecular weight excluding hydrogens is 372 g/mol. The first-order valence-electron chi connectivity index (χ1n) is 7.46. The van der Waals surface area contributed by atoms with Crippen LogP contribution in [0.5, 0.6) is 0 Å². The summed E-state index contributed by atoms with van der Waals surface area (Å²) < 4.78 is 1.15. The largest absolute Gasteiger partial charge is 0.324 e. The van der Waals surface area contributed by atoms with Gasteiger partial charge < -0.3 is 0 Å². The van der Waals surface area contributed by atoms with Crippen molar-refractivity contribution >= 4 is 44.1 Å². The zero-order chi connectivity index (χ0) is 18.1. The van der Waals surface area contributed by atoms with Gasteiger partial charge in [0.05, 0.1) is 21.4 Å². The number of aromatic nitrogens is 2. The maximum absolute atomic E-state index is 12.8. The summed E-state index contributed by atoms with van der Waals surface area (Å²) in [6.45, 7) is 0. The van der Waals surface area contributed by atoms with E-state index in [1.807, 2.05) is 35.7 Å². The quantitative estimate of drug-likeness (QED) is 0.303. The van der Waals surface area contributed by atoms with Crippen LogP contribution in [-0.2, 0) is 0 Å². The molecule has 0 bridgehead atoms. The van der Waals surface area contributed by atoms with Crippen LogP contribution < -0.4 is 5.56 Å². The van der Waals surface area contributed by atoms with Gasteiger partial charge in [0.25, 0.3) is 5.56 Å². The van der Waals surface area contributed by atoms with Crippen LogP contribution in [0, 0.1) is 10.1 Å². The zero-order valence-electron chi connectivity index (χ0n) is 13.1. The lowest BCUT2D eigenvalue weighted by atomic mass is 10.1. The maximum Gasteiger partial charge on any atom is 0.324 e. The van der Waals surface area contributed by atoms with Crippen molar-refractivity contribution in [1.82, 2.24) is 9.66 Å². The van der Waals surface area contributed by atoms with Crippen LogP contribution in [0.3, 0.4) is 0 Å². The van der Waals surface area contributed by atoms with Crippen LogP contribution in [0.4, 0.5) is 5.00 Å². The molecule has 1 aromatic carbocycles. The number of hydrogen-bond acceptors (Lipinski definition) is 7. The molecule has 0 aliphatic heterocycles. The van der Waals surface area contributed by atoms with Crippen LogP contribution in [-0.4, -0.2) is 20.8 Å². The smallest absolute Gasteiger partial charge is 0.267 e. The summed E-state index contributed by atoms with van der Waals surface area (Å²) in [6.07, 6.45) is 2.77. The average molecular weight is 382 g/mol. The standard InChI is InChI=1S/C17H10N4O3S2/c22-17-15-13(11-4-2-1-3-5-11)9-25-16(15)18-10-20(17)19-8-12-6-7-14(26-12)21(23)24/h1-10H. The van der Waals surface area contributed by atoms with Gasteiger partial charge in [-0.3, -0.25) is 14.9 Å². The fraction of sp³-hybridized carbons (Fsp3) is 0. The van der Waals surface area contributed by atoms with Crippen molar-refractivity contribution in [2.24, 2.45) is 5.10 Å². The number of benzene rings is 1. The minimum Gasteiger partial charge on any atom is -0.267 e. The van der Waals surface area contributed by atoms with Crippen molar-refractivity contribution in [3.63, 3.8) is 0 Å². The van der Waals surface area contributed by atoms with E-state index in [1.165, 1.54) is 29.9 Å². The van der Waals surface area contributed by atoms with E-state index in [0.29, 0.717) is 15.1 Å². The molecule has 0 saturated heterocycles. The summed E-state index contributed by atoms with van der Waals surface area (Å²) in [5.41, 5.74) is 1.48. The van der Waals surface area contributed by atoms with Crippen molar-refractivity contribution in [2.75, 3.05) is 0 Å². The molecule has 0 amide bonds. The Morgan fingerprint density at radius 2 is 2.00 bits per heavy atom. The van der Waals surface area contributed by atoms with E-state index < -0.39 is 4.92 Å². The van der Waals surface area contributed by atoms with Crippen LogP contribution in [0.25, 0.3) is 21.3 Å². The third-order valence-electron chi connectivity index (χ3n) is 3.66. The molecule has 7 nitrogen and oxygen atoms in total. The lowest BCUT2D eigenvalue weighted by Gasteiger charge is -2.00. The molecule has 0 unspecified atom stereocenters. The van der Waals surface area contributed by atoms with Crippen molar-refractivity contribution in [1.29, 1.82) is 0 Å². The Morgan fingerprint density at radius 1 is 1.19 bits per heavy atom. The van der Waals surface area contributed by atoms with Crippen LogP contribution in [0.1, 0.15) is 4.88 Å². The molecule has 0 aliphatic rings. The lowest BCUT2D eigenvalue weighted by Crippen LogP contribution is -2.16. The van der Waals surface area contributed by atoms with Crippen LogP contribution >= 0.6 is 22.7 Å². The van der Waals surface area contributed by atoms with Crippen molar-refractivity contribution in [2.45, 2.75) is 0 Å². The van der Waals surface area contributed by atoms with E-state index >= 15 is 0 Å². The van der Waals surface area contributed by atoms with E-state index in [-0.39, 0.29) is 10.6 Å². The molecular formula is C17H10N4O3S2. The van der Waals surface area contributed by atoms with Gasteiger partial charge in [-0.15, -0.1) is 11.3 Å². The Labute approximate surface area is 154 Å². The molecule has 3 heterocycles. The first kappa shape index (κ1) is 16.3. The Morgan fingerprint density at radius 3 is 2.73 bits per heavy atom. The number of fused-ring (bicyclic) bond motifs is 1. The van der Waals surface area contributed by atoms with E-state index in [1.54, 1.807) is 6.07 Å². The highest BCUT2D eigenvalue weighted by molar-refractivity contribution is 7.17. The lowest BCUT2D eigenvalue weighted by molar-refractivity contribution is -0.380. The fourth-order valence-electron chi connectivity index (χ4n) is 2.46. The van der Waals surface area contributed by atoms with Crippen molar-refractivity contribution < 1.29 is 4.92 Å². The van der Waals surface area contributed by atoms with Gasteiger partial charge in [-0.25, -0.2) is 4.98 Å². The topological polar surface area (TPSA) is 90.4 Å². The van der Waals surface area contributed by atoms with E-state index in [4.69, 9.17) is 0 Å². The monoisotopic (exact) mass is 382 g/mol. The van der Waals surface area contributed by atoms with Gasteiger partial charge in [0.2, 0.25) is 0 Å². The molecule has 4 rings (SSSR count). The first-order chi connectivity index (χ1) is 12.6. The predicted octanol–water partition coefficient (Wildman–Crippen LogP) is 3.98. The number of nitrogens with zero attached hydrogens (tertiary/aromatic N) is 4. The second-order valence-corrected chi connectivity index (χ2v) is 7.22. The van der Waals surface area contributed by atoms with Gasteiger partial charge in [-0.1, -0.05) is 41.7 Å². The van der Waals surface area contributed by atoms with Crippen LogP contribution in [0.2, 0.25) is 0 Å². The molecule has 3 aromatic heterocycles.